The Kier molecular flexibility index (Phi) is 13.5. The van der Waals surface area contributed by atoms with E-state index in [0.717, 1.165) is 0 Å². The number of benzene rings is 1. The Bertz CT molecular complexity index is 501. The molecule has 0 aliphatic heterocycles. The second-order valence-electron chi connectivity index (χ2n) is 5.09. The van der Waals surface area contributed by atoms with Crippen LogP contribution < -0.4 is 68.9 Å². The Morgan fingerprint density at radius 1 is 1.04 bits per heavy atom. The zero-order valence-corrected chi connectivity index (χ0v) is 18.7. The van der Waals surface area contributed by atoms with Crippen molar-refractivity contribution >= 4 is 7.60 Å². The Morgan fingerprint density at radius 3 is 1.87 bits per heavy atom. The second-order valence-corrected chi connectivity index (χ2v) is 6.63. The SMILES string of the molecule is CN(Cc1ccccc1CP(=O)([O-])[O-])C(CO)(CO)CO.[Na+].[Na+]. The molecule has 0 saturated heterocycles. The fraction of sp³-hybridized carbons (Fsp3) is 0.538. The van der Waals surface area contributed by atoms with Crippen LogP contribution in [0, 0.1) is 0 Å². The maximum Gasteiger partial charge on any atom is 1.00 e. The quantitative estimate of drug-likeness (QED) is 0.309. The molecule has 7 nitrogen and oxygen atoms in total. The van der Waals surface area contributed by atoms with Crippen LogP contribution >= 0.6 is 7.60 Å². The van der Waals surface area contributed by atoms with Gasteiger partial charge in [-0.3, -0.25) is 4.90 Å². The topological polar surface area (TPSA) is 127 Å². The van der Waals surface area contributed by atoms with Crippen molar-refractivity contribution in [2.24, 2.45) is 0 Å². The molecule has 0 aliphatic carbocycles. The van der Waals surface area contributed by atoms with Crippen molar-refractivity contribution < 1.29 is 88.8 Å². The van der Waals surface area contributed by atoms with E-state index in [-0.39, 0.29) is 65.7 Å². The van der Waals surface area contributed by atoms with E-state index in [4.69, 9.17) is 0 Å². The third kappa shape index (κ3) is 7.96. The van der Waals surface area contributed by atoms with Crippen LogP contribution in [0.2, 0.25) is 0 Å². The third-order valence-electron chi connectivity index (χ3n) is 3.58. The van der Waals surface area contributed by atoms with Gasteiger partial charge >= 0.3 is 59.1 Å². The molecule has 1 rings (SSSR count). The van der Waals surface area contributed by atoms with E-state index >= 15 is 0 Å². The first-order valence-electron chi connectivity index (χ1n) is 6.39. The molecule has 10 heteroatoms. The normalized spacial score (nSPS) is 11.8. The summed E-state index contributed by atoms with van der Waals surface area (Å²) in [6.45, 7) is -1.20. The minimum atomic E-state index is -4.69. The number of aliphatic hydroxyl groups excluding tert-OH is 3. The van der Waals surface area contributed by atoms with E-state index in [1.807, 2.05) is 0 Å². The molecule has 0 amide bonds. The molecule has 1 aromatic carbocycles. The Labute approximate surface area is 180 Å². The van der Waals surface area contributed by atoms with Crippen molar-refractivity contribution in [1.82, 2.24) is 4.90 Å². The van der Waals surface area contributed by atoms with E-state index in [2.05, 4.69) is 0 Å². The van der Waals surface area contributed by atoms with Crippen molar-refractivity contribution in [1.29, 1.82) is 0 Å². The van der Waals surface area contributed by atoms with Gasteiger partial charge in [0, 0.05) is 12.7 Å². The Morgan fingerprint density at radius 2 is 1.48 bits per heavy atom. The van der Waals surface area contributed by atoms with Gasteiger partial charge in [-0.25, -0.2) is 0 Å². The summed E-state index contributed by atoms with van der Waals surface area (Å²) in [6, 6.07) is 6.54. The predicted molar refractivity (Wildman–Crippen MR) is 73.2 cm³/mol. The molecule has 0 saturated carbocycles. The molecule has 0 aliphatic rings. The van der Waals surface area contributed by atoms with Crippen LogP contribution in [0.5, 0.6) is 0 Å². The van der Waals surface area contributed by atoms with Crippen LogP contribution in [0.3, 0.4) is 0 Å². The molecular weight excluding hydrogens is 343 g/mol. The van der Waals surface area contributed by atoms with E-state index in [1.54, 1.807) is 31.3 Å². The molecular formula is C13H20NNa2O6P. The third-order valence-corrected chi connectivity index (χ3v) is 4.31. The molecule has 23 heavy (non-hydrogen) atoms. The fourth-order valence-corrected chi connectivity index (χ4v) is 2.74. The summed E-state index contributed by atoms with van der Waals surface area (Å²) < 4.78 is 10.9. The van der Waals surface area contributed by atoms with Crippen molar-refractivity contribution in [3.05, 3.63) is 35.4 Å². The van der Waals surface area contributed by atoms with E-state index in [0.29, 0.717) is 11.1 Å². The number of hydrogen-bond acceptors (Lipinski definition) is 7. The zero-order valence-electron chi connectivity index (χ0n) is 13.8. The first kappa shape index (κ1) is 26.4. The molecule has 0 atom stereocenters. The summed E-state index contributed by atoms with van der Waals surface area (Å²) in [5.41, 5.74) is -0.252. The molecule has 0 aromatic heterocycles. The molecule has 120 valence electrons. The number of rotatable bonds is 8. The smallest absolute Gasteiger partial charge is 0.810 e. The van der Waals surface area contributed by atoms with Gasteiger partial charge in [0.15, 0.2) is 0 Å². The summed E-state index contributed by atoms with van der Waals surface area (Å²) in [6.07, 6.45) is -0.596. The van der Waals surface area contributed by atoms with Crippen LogP contribution in [0.1, 0.15) is 11.1 Å². The summed E-state index contributed by atoms with van der Waals surface area (Å²) in [7, 11) is -3.10. The maximum atomic E-state index is 10.9. The van der Waals surface area contributed by atoms with Gasteiger partial charge in [0.25, 0.3) is 0 Å². The number of nitrogens with zero attached hydrogens (tertiary/aromatic N) is 1. The molecule has 3 N–H and O–H groups in total. The van der Waals surface area contributed by atoms with Gasteiger partial charge in [0.1, 0.15) is 0 Å². The minimum Gasteiger partial charge on any atom is -0.810 e. The van der Waals surface area contributed by atoms with Gasteiger partial charge in [-0.15, -0.1) is 0 Å². The Balaban J connectivity index is 0. The maximum absolute atomic E-state index is 10.9. The molecule has 1 aromatic rings. The second kappa shape index (κ2) is 11.8. The van der Waals surface area contributed by atoms with E-state index in [1.165, 1.54) is 4.90 Å². The van der Waals surface area contributed by atoms with Crippen molar-refractivity contribution in [3.8, 4) is 0 Å². The van der Waals surface area contributed by atoms with Gasteiger partial charge in [-0.05, 0) is 18.2 Å². The first-order valence-corrected chi connectivity index (χ1v) is 8.12. The van der Waals surface area contributed by atoms with Crippen molar-refractivity contribution in [3.63, 3.8) is 0 Å². The molecule has 0 radical (unpaired) electrons. The number of aliphatic hydroxyl groups is 3. The summed E-state index contributed by atoms with van der Waals surface area (Å²) in [5, 5.41) is 28.1. The standard InChI is InChI=1S/C13H22NO6P.2Na/c1-14(13(8-15,9-16)10-17)6-11-4-2-3-5-12(11)7-21(18,19)20;;/h2-5,15-17H,6-10H2,1H3,(H2,18,19,20);;/q;2*+1/p-2. The van der Waals surface area contributed by atoms with Gasteiger partial charge in [-0.2, -0.15) is 0 Å². The molecule has 0 spiro atoms. The van der Waals surface area contributed by atoms with Crippen LogP contribution in [0.25, 0.3) is 0 Å². The molecule has 0 bridgehead atoms. The summed E-state index contributed by atoms with van der Waals surface area (Å²) in [5.74, 6) is 0. The molecule has 0 heterocycles. The van der Waals surface area contributed by atoms with E-state index < -0.39 is 39.1 Å². The van der Waals surface area contributed by atoms with Gasteiger partial charge in [0.05, 0.1) is 25.4 Å². The zero-order chi connectivity index (χ0) is 16.1. The number of likely N-dealkylation sites (N-methyl/N-ethyl adjacent to an activating group) is 1. The van der Waals surface area contributed by atoms with Crippen LogP contribution in [-0.2, 0) is 17.3 Å². The van der Waals surface area contributed by atoms with Crippen LogP contribution in [0.15, 0.2) is 24.3 Å². The number of hydrogen-bond donors (Lipinski definition) is 3. The first-order chi connectivity index (χ1) is 9.78. The van der Waals surface area contributed by atoms with Crippen molar-refractivity contribution in [2.45, 2.75) is 18.2 Å². The Hall–Kier alpha value is 1.21. The van der Waals surface area contributed by atoms with Gasteiger partial charge in [0.2, 0.25) is 0 Å². The average molecular weight is 363 g/mol. The van der Waals surface area contributed by atoms with Crippen LogP contribution in [0.4, 0.5) is 0 Å². The van der Waals surface area contributed by atoms with Gasteiger partial charge in [-0.1, -0.05) is 31.9 Å². The van der Waals surface area contributed by atoms with Crippen LogP contribution in [-0.4, -0.2) is 52.6 Å². The van der Waals surface area contributed by atoms with Crippen molar-refractivity contribution in [2.75, 3.05) is 26.9 Å². The average Bonchev–Trinajstić information content (AvgIpc) is 2.42. The fourth-order valence-electron chi connectivity index (χ4n) is 2.01. The van der Waals surface area contributed by atoms with Gasteiger partial charge < -0.3 is 29.7 Å². The molecule has 0 unspecified atom stereocenters. The summed E-state index contributed by atoms with van der Waals surface area (Å²) >= 11 is 0. The molecule has 0 fully saturated rings. The predicted octanol–water partition coefficient (Wildman–Crippen LogP) is -7.74. The largest absolute Gasteiger partial charge is 1.00 e. The van der Waals surface area contributed by atoms with E-state index in [9.17, 15) is 29.7 Å². The monoisotopic (exact) mass is 363 g/mol. The minimum absolute atomic E-state index is 0. The summed E-state index contributed by atoms with van der Waals surface area (Å²) in [4.78, 5) is 23.4.